The molecule has 0 aliphatic rings. The zero-order valence-corrected chi connectivity index (χ0v) is 8.58. The third-order valence-corrected chi connectivity index (χ3v) is 4.35. The van der Waals surface area contributed by atoms with Crippen LogP contribution in [0.4, 0.5) is 0 Å². The largest absolute Gasteiger partial charge is 0.480 e. The van der Waals surface area contributed by atoms with Crippen LogP contribution in [0.25, 0.3) is 0 Å². The molecule has 0 heterocycles. The number of hydrogen-bond donors (Lipinski definition) is 1. The molecule has 8 heavy (non-hydrogen) atoms. The first kappa shape index (κ1) is 8.93. The molecule has 0 saturated carbocycles. The lowest BCUT2D eigenvalue weighted by molar-refractivity contribution is -0.135. The number of carboxylic acids is 1. The minimum atomic E-state index is -0.729. The third-order valence-electron chi connectivity index (χ3n) is 0.639. The fourth-order valence-corrected chi connectivity index (χ4v) is 0.504. The Bertz CT molecular complexity index is 92.0. The van der Waals surface area contributed by atoms with Crippen LogP contribution in [-0.2, 0) is 4.79 Å². The number of carbonyl (C=O) groups is 1. The molecule has 2 unspecified atom stereocenters. The predicted molar refractivity (Wildman–Crippen MR) is 48.9 cm³/mol. The van der Waals surface area contributed by atoms with Gasteiger partial charge in [0.1, 0.15) is 3.92 Å². The van der Waals surface area contributed by atoms with Crippen LogP contribution in [-0.4, -0.2) is 18.9 Å². The summed E-state index contributed by atoms with van der Waals surface area (Å²) in [6.07, 6.45) is 0. The number of halogens is 2. The van der Waals surface area contributed by atoms with Gasteiger partial charge in [-0.25, -0.2) is 0 Å². The van der Waals surface area contributed by atoms with Crippen molar-refractivity contribution in [3.63, 3.8) is 0 Å². The zero-order valence-electron chi connectivity index (χ0n) is 4.27. The highest BCUT2D eigenvalue weighted by Gasteiger charge is 2.17. The van der Waals surface area contributed by atoms with Crippen molar-refractivity contribution in [3.05, 3.63) is 0 Å². The number of aliphatic carboxylic acids is 1. The normalized spacial score (nSPS) is 17.4. The van der Waals surface area contributed by atoms with Gasteiger partial charge in [-0.3, -0.25) is 4.79 Å². The van der Waals surface area contributed by atoms with Gasteiger partial charge in [-0.05, 0) is 0 Å². The van der Waals surface area contributed by atoms with Gasteiger partial charge in [-0.1, -0.05) is 52.1 Å². The Morgan fingerprint density at radius 3 is 2.00 bits per heavy atom. The van der Waals surface area contributed by atoms with Crippen LogP contribution in [0.1, 0.15) is 6.92 Å². The van der Waals surface area contributed by atoms with Crippen LogP contribution < -0.4 is 0 Å². The Morgan fingerprint density at radius 2 is 2.00 bits per heavy atom. The number of alkyl halides is 2. The fraction of sp³-hybridized carbons (Fsp3) is 0.750. The maximum Gasteiger partial charge on any atom is 0.317 e. The lowest BCUT2D eigenvalue weighted by Gasteiger charge is -2.04. The first-order valence-corrected chi connectivity index (χ1v) is 4.55. The molecule has 2 atom stereocenters. The molecule has 0 aromatic heterocycles. The van der Waals surface area contributed by atoms with Crippen LogP contribution in [0.5, 0.6) is 0 Å². The van der Waals surface area contributed by atoms with E-state index in [9.17, 15) is 4.79 Å². The Labute approximate surface area is 75.3 Å². The van der Waals surface area contributed by atoms with Crippen LogP contribution in [0.3, 0.4) is 0 Å². The number of hydrogen-bond acceptors (Lipinski definition) is 1. The highest BCUT2D eigenvalue weighted by Crippen LogP contribution is 2.13. The van der Waals surface area contributed by atoms with Gasteiger partial charge in [0.25, 0.3) is 0 Å². The SMILES string of the molecule is CC(I)C(I)C(=O)O. The first-order valence-electron chi connectivity index (χ1n) is 2.06. The summed E-state index contributed by atoms with van der Waals surface area (Å²) in [6, 6.07) is 0. The molecule has 1 N–H and O–H groups in total. The van der Waals surface area contributed by atoms with Gasteiger partial charge in [-0.15, -0.1) is 0 Å². The molecule has 0 aliphatic heterocycles. The molecule has 0 fully saturated rings. The van der Waals surface area contributed by atoms with Crippen molar-refractivity contribution in [1.82, 2.24) is 0 Å². The molecule has 0 aromatic carbocycles. The summed E-state index contributed by atoms with van der Waals surface area (Å²) in [5, 5.41) is 8.34. The van der Waals surface area contributed by atoms with Crippen LogP contribution in [0.15, 0.2) is 0 Å². The van der Waals surface area contributed by atoms with Gasteiger partial charge in [0, 0.05) is 3.92 Å². The van der Waals surface area contributed by atoms with Crippen molar-refractivity contribution >= 4 is 51.2 Å². The van der Waals surface area contributed by atoms with Crippen LogP contribution in [0, 0.1) is 0 Å². The maximum atomic E-state index is 10.1. The van der Waals surface area contributed by atoms with Crippen molar-refractivity contribution in [2.45, 2.75) is 14.8 Å². The van der Waals surface area contributed by atoms with Gasteiger partial charge in [-0.2, -0.15) is 0 Å². The van der Waals surface area contributed by atoms with E-state index in [2.05, 4.69) is 22.6 Å². The summed E-state index contributed by atoms with van der Waals surface area (Å²) in [4.78, 5) is 10.1. The summed E-state index contributed by atoms with van der Waals surface area (Å²) in [5.41, 5.74) is 0. The molecule has 0 bridgehead atoms. The fourth-order valence-electron chi connectivity index (χ4n) is 0.196. The molecule has 0 radical (unpaired) electrons. The van der Waals surface area contributed by atoms with E-state index in [4.69, 9.17) is 5.11 Å². The monoisotopic (exact) mass is 340 g/mol. The summed E-state index contributed by atoms with van der Waals surface area (Å²) in [7, 11) is 0. The van der Waals surface area contributed by atoms with E-state index in [1.807, 2.05) is 29.5 Å². The van der Waals surface area contributed by atoms with Crippen molar-refractivity contribution in [2.24, 2.45) is 0 Å². The van der Waals surface area contributed by atoms with E-state index in [0.717, 1.165) is 0 Å². The van der Waals surface area contributed by atoms with E-state index in [1.165, 1.54) is 0 Å². The smallest absolute Gasteiger partial charge is 0.317 e. The van der Waals surface area contributed by atoms with E-state index in [1.54, 1.807) is 0 Å². The van der Waals surface area contributed by atoms with Gasteiger partial charge in [0.15, 0.2) is 0 Å². The first-order chi connectivity index (χ1) is 3.55. The van der Waals surface area contributed by atoms with Crippen LogP contribution in [0.2, 0.25) is 0 Å². The van der Waals surface area contributed by atoms with E-state index < -0.39 is 5.97 Å². The second-order valence-electron chi connectivity index (χ2n) is 1.42. The highest BCUT2D eigenvalue weighted by atomic mass is 127. The second-order valence-corrected chi connectivity index (χ2v) is 4.72. The van der Waals surface area contributed by atoms with Gasteiger partial charge >= 0.3 is 5.97 Å². The van der Waals surface area contributed by atoms with E-state index in [-0.39, 0.29) is 7.85 Å². The molecule has 0 saturated heterocycles. The molecule has 0 aliphatic carbocycles. The predicted octanol–water partition coefficient (Wildman–Crippen LogP) is 1.70. The summed E-state index contributed by atoms with van der Waals surface area (Å²) >= 11 is 4.01. The average Bonchev–Trinajstić information content (AvgIpc) is 1.64. The second kappa shape index (κ2) is 3.86. The van der Waals surface area contributed by atoms with Crippen LogP contribution >= 0.6 is 45.2 Å². The van der Waals surface area contributed by atoms with Crippen molar-refractivity contribution < 1.29 is 9.90 Å². The van der Waals surface area contributed by atoms with E-state index in [0.29, 0.717) is 0 Å². The van der Waals surface area contributed by atoms with Gasteiger partial charge < -0.3 is 5.11 Å². The molecule has 0 spiro atoms. The minimum Gasteiger partial charge on any atom is -0.480 e. The Balaban J connectivity index is 3.64. The topological polar surface area (TPSA) is 37.3 Å². The average molecular weight is 340 g/mol. The van der Waals surface area contributed by atoms with Gasteiger partial charge in [0.2, 0.25) is 0 Å². The lowest BCUT2D eigenvalue weighted by atomic mass is 10.3. The molecule has 2 nitrogen and oxygen atoms in total. The third kappa shape index (κ3) is 3.06. The summed E-state index contributed by atoms with van der Waals surface area (Å²) in [5.74, 6) is -0.729. The molecule has 4 heteroatoms. The number of rotatable bonds is 2. The van der Waals surface area contributed by atoms with Crippen molar-refractivity contribution in [2.75, 3.05) is 0 Å². The van der Waals surface area contributed by atoms with Crippen molar-refractivity contribution in [3.8, 4) is 0 Å². The van der Waals surface area contributed by atoms with Gasteiger partial charge in [0.05, 0.1) is 0 Å². The summed E-state index contributed by atoms with van der Waals surface area (Å²) in [6.45, 7) is 1.88. The molecule has 0 amide bonds. The molecular weight excluding hydrogens is 334 g/mol. The van der Waals surface area contributed by atoms with E-state index >= 15 is 0 Å². The number of carboxylic acid groups (broad SMARTS) is 1. The quantitative estimate of drug-likeness (QED) is 0.614. The lowest BCUT2D eigenvalue weighted by Crippen LogP contribution is -2.20. The molecular formula is C4H6I2O2. The Morgan fingerprint density at radius 1 is 1.62 bits per heavy atom. The summed E-state index contributed by atoms with van der Waals surface area (Å²) < 4.78 is -0.0566. The minimum absolute atomic E-state index is 0.200. The molecule has 0 rings (SSSR count). The highest BCUT2D eigenvalue weighted by molar-refractivity contribution is 14.1. The standard InChI is InChI=1S/C4H6I2O2/c1-2(5)3(6)4(7)8/h2-3H,1H3,(H,7,8). The molecule has 48 valence electrons. The van der Waals surface area contributed by atoms with Crippen molar-refractivity contribution in [1.29, 1.82) is 0 Å². The Kier molecular flexibility index (Phi) is 4.31. The maximum absolute atomic E-state index is 10.1. The molecule has 0 aromatic rings. The zero-order chi connectivity index (χ0) is 6.73. The Hall–Kier alpha value is 0.930.